The third-order valence-electron chi connectivity index (χ3n) is 5.30. The van der Waals surface area contributed by atoms with Crippen LogP contribution in [0.25, 0.3) is 11.3 Å². The number of aliphatic hydroxyl groups is 1. The molecule has 116 valence electrons. The van der Waals surface area contributed by atoms with Gasteiger partial charge in [-0.15, -0.1) is 0 Å². The summed E-state index contributed by atoms with van der Waals surface area (Å²) in [6.45, 7) is 0. The molecule has 1 N–H and O–H groups in total. The number of hydrogen-bond acceptors (Lipinski definition) is 3. The lowest BCUT2D eigenvalue weighted by molar-refractivity contribution is 0.0718. The maximum atomic E-state index is 11.0. The topological polar surface area (TPSA) is 55.9 Å². The lowest BCUT2D eigenvalue weighted by Gasteiger charge is -2.33. The minimum Gasteiger partial charge on any atom is -0.388 e. The molecule has 0 saturated carbocycles. The molecule has 0 fully saturated rings. The molecule has 3 aromatic rings. The van der Waals surface area contributed by atoms with Gasteiger partial charge in [-0.05, 0) is 18.4 Å². The second kappa shape index (κ2) is 4.55. The Bertz CT molecular complexity index is 894. The lowest BCUT2D eigenvalue weighted by Crippen LogP contribution is -2.28. The summed E-state index contributed by atoms with van der Waals surface area (Å²) in [4.78, 5) is 4.33. The summed E-state index contributed by atoms with van der Waals surface area (Å²) in [5.41, 5.74) is 5.69. The SMILES string of the molecule is Cn1cc2c(n1)CC[C@@H]([C@@H]1c3ccccc3-c3cncn31)[C@@H]2O. The first-order valence-electron chi connectivity index (χ1n) is 8.05. The minimum atomic E-state index is -0.487. The number of nitrogens with zero attached hydrogens (tertiary/aromatic N) is 4. The molecule has 0 radical (unpaired) electrons. The summed E-state index contributed by atoms with van der Waals surface area (Å²) < 4.78 is 4.03. The maximum absolute atomic E-state index is 11.0. The van der Waals surface area contributed by atoms with Crippen molar-refractivity contribution in [1.29, 1.82) is 0 Å². The first-order chi connectivity index (χ1) is 11.2. The molecule has 5 rings (SSSR count). The van der Waals surface area contributed by atoms with Crippen molar-refractivity contribution < 1.29 is 5.11 Å². The number of imidazole rings is 1. The Kier molecular flexibility index (Phi) is 2.59. The molecule has 0 amide bonds. The van der Waals surface area contributed by atoms with E-state index in [1.54, 1.807) is 0 Å². The molecule has 1 aliphatic heterocycles. The van der Waals surface area contributed by atoms with Crippen LogP contribution in [-0.2, 0) is 13.5 Å². The lowest BCUT2D eigenvalue weighted by atomic mass is 9.78. The van der Waals surface area contributed by atoms with Crippen LogP contribution in [0.15, 0.2) is 43.0 Å². The van der Waals surface area contributed by atoms with Gasteiger partial charge in [-0.2, -0.15) is 5.10 Å². The summed E-state index contributed by atoms with van der Waals surface area (Å²) in [5.74, 6) is 0.142. The van der Waals surface area contributed by atoms with Crippen molar-refractivity contribution in [3.63, 3.8) is 0 Å². The van der Waals surface area contributed by atoms with E-state index in [1.165, 1.54) is 11.1 Å². The summed E-state index contributed by atoms with van der Waals surface area (Å²) >= 11 is 0. The Morgan fingerprint density at radius 2 is 2.09 bits per heavy atom. The largest absolute Gasteiger partial charge is 0.388 e. The average molecular weight is 306 g/mol. The third-order valence-corrected chi connectivity index (χ3v) is 5.30. The zero-order chi connectivity index (χ0) is 15.6. The van der Waals surface area contributed by atoms with E-state index in [1.807, 2.05) is 30.5 Å². The van der Waals surface area contributed by atoms with Gasteiger partial charge in [0, 0.05) is 30.3 Å². The van der Waals surface area contributed by atoms with Crippen molar-refractivity contribution in [3.8, 4) is 11.3 Å². The summed E-state index contributed by atoms with van der Waals surface area (Å²) in [6.07, 6.45) is 7.14. The predicted octanol–water partition coefficient (Wildman–Crippen LogP) is 2.48. The van der Waals surface area contributed by atoms with Crippen LogP contribution in [0, 0.1) is 5.92 Å². The van der Waals surface area contributed by atoms with Gasteiger partial charge in [-0.25, -0.2) is 4.98 Å². The van der Waals surface area contributed by atoms with Gasteiger partial charge < -0.3 is 9.67 Å². The number of hydrogen-bond donors (Lipinski definition) is 1. The molecular weight excluding hydrogens is 288 g/mol. The van der Waals surface area contributed by atoms with Gasteiger partial charge in [-0.1, -0.05) is 24.3 Å². The van der Waals surface area contributed by atoms with Crippen molar-refractivity contribution in [2.24, 2.45) is 13.0 Å². The molecule has 1 aromatic carbocycles. The van der Waals surface area contributed by atoms with E-state index < -0.39 is 6.10 Å². The molecule has 2 aromatic heterocycles. The molecule has 0 spiro atoms. The molecule has 0 bridgehead atoms. The highest BCUT2D eigenvalue weighted by molar-refractivity contribution is 5.69. The van der Waals surface area contributed by atoms with Crippen LogP contribution in [0.5, 0.6) is 0 Å². The minimum absolute atomic E-state index is 0.142. The zero-order valence-corrected chi connectivity index (χ0v) is 12.9. The highest BCUT2D eigenvalue weighted by Crippen LogP contribution is 2.49. The van der Waals surface area contributed by atoms with Gasteiger partial charge in [0.05, 0.1) is 36.1 Å². The average Bonchev–Trinajstić information content (AvgIpc) is 3.22. The predicted molar refractivity (Wildman–Crippen MR) is 85.8 cm³/mol. The Balaban J connectivity index is 1.63. The van der Waals surface area contributed by atoms with E-state index in [9.17, 15) is 5.11 Å². The van der Waals surface area contributed by atoms with E-state index in [2.05, 4.69) is 38.9 Å². The van der Waals surface area contributed by atoms with Gasteiger partial charge >= 0.3 is 0 Å². The van der Waals surface area contributed by atoms with Crippen molar-refractivity contribution >= 4 is 0 Å². The quantitative estimate of drug-likeness (QED) is 0.751. The fourth-order valence-corrected chi connectivity index (χ4v) is 4.33. The van der Waals surface area contributed by atoms with Crippen LogP contribution in [0.1, 0.15) is 35.4 Å². The van der Waals surface area contributed by atoms with E-state index in [0.717, 1.165) is 29.8 Å². The molecule has 5 heteroatoms. The second-order valence-corrected chi connectivity index (χ2v) is 6.57. The smallest absolute Gasteiger partial charge is 0.0956 e. The molecule has 0 saturated heterocycles. The van der Waals surface area contributed by atoms with Crippen LogP contribution in [0.4, 0.5) is 0 Å². The normalized spacial score (nSPS) is 25.0. The van der Waals surface area contributed by atoms with Crippen LogP contribution in [0.3, 0.4) is 0 Å². The molecule has 0 unspecified atom stereocenters. The third kappa shape index (κ3) is 1.71. The first-order valence-corrected chi connectivity index (χ1v) is 8.05. The highest BCUT2D eigenvalue weighted by atomic mass is 16.3. The van der Waals surface area contributed by atoms with Crippen molar-refractivity contribution in [3.05, 3.63) is 59.8 Å². The Labute approximate surface area is 134 Å². The van der Waals surface area contributed by atoms with Gasteiger partial charge in [0.25, 0.3) is 0 Å². The maximum Gasteiger partial charge on any atom is 0.0956 e. The number of aromatic nitrogens is 4. The number of aryl methyl sites for hydroxylation is 2. The molecule has 23 heavy (non-hydrogen) atoms. The van der Waals surface area contributed by atoms with E-state index in [-0.39, 0.29) is 12.0 Å². The van der Waals surface area contributed by atoms with Crippen LogP contribution in [0.2, 0.25) is 0 Å². The van der Waals surface area contributed by atoms with Gasteiger partial charge in [0.1, 0.15) is 0 Å². The Hall–Kier alpha value is -2.40. The molecule has 1 aliphatic carbocycles. The monoisotopic (exact) mass is 306 g/mol. The first kappa shape index (κ1) is 13.1. The Morgan fingerprint density at radius 1 is 1.22 bits per heavy atom. The molecule has 3 atom stereocenters. The number of aliphatic hydroxyl groups excluding tert-OH is 1. The highest BCUT2D eigenvalue weighted by Gasteiger charge is 2.41. The molecular formula is C18H18N4O. The summed E-state index contributed by atoms with van der Waals surface area (Å²) in [5, 5.41) is 15.5. The van der Waals surface area contributed by atoms with Crippen LogP contribution < -0.4 is 0 Å². The van der Waals surface area contributed by atoms with Gasteiger partial charge in [0.2, 0.25) is 0 Å². The van der Waals surface area contributed by atoms with E-state index >= 15 is 0 Å². The summed E-state index contributed by atoms with van der Waals surface area (Å²) in [6, 6.07) is 8.62. The van der Waals surface area contributed by atoms with Gasteiger partial charge in [0.15, 0.2) is 0 Å². The fraction of sp³-hybridized carbons (Fsp3) is 0.333. The second-order valence-electron chi connectivity index (χ2n) is 6.57. The number of rotatable bonds is 1. The van der Waals surface area contributed by atoms with E-state index in [0.29, 0.717) is 0 Å². The standard InChI is InChI=1S/C18H18N4O/c1-21-9-14-15(20-21)7-6-13(18(14)23)17-12-5-3-2-4-11(12)16-8-19-10-22(16)17/h2-5,8-10,13,17-18,23H,6-7H2,1H3/t13-,17-,18-/m0/s1. The molecule has 5 nitrogen and oxygen atoms in total. The van der Waals surface area contributed by atoms with Crippen molar-refractivity contribution in [2.75, 3.05) is 0 Å². The van der Waals surface area contributed by atoms with Crippen LogP contribution >= 0.6 is 0 Å². The Morgan fingerprint density at radius 3 is 3.00 bits per heavy atom. The molecule has 2 aliphatic rings. The number of fused-ring (bicyclic) bond motifs is 4. The molecule has 3 heterocycles. The zero-order valence-electron chi connectivity index (χ0n) is 12.9. The fourth-order valence-electron chi connectivity index (χ4n) is 4.33. The van der Waals surface area contributed by atoms with Gasteiger partial charge in [-0.3, -0.25) is 4.68 Å². The van der Waals surface area contributed by atoms with Crippen molar-refractivity contribution in [2.45, 2.75) is 25.0 Å². The van der Waals surface area contributed by atoms with Crippen molar-refractivity contribution in [1.82, 2.24) is 19.3 Å². The van der Waals surface area contributed by atoms with E-state index in [4.69, 9.17) is 0 Å². The van der Waals surface area contributed by atoms with Crippen LogP contribution in [-0.4, -0.2) is 24.4 Å². The number of benzene rings is 1. The summed E-state index contributed by atoms with van der Waals surface area (Å²) in [7, 11) is 1.92.